The Morgan fingerprint density at radius 1 is 0.771 bits per heavy atom. The van der Waals surface area contributed by atoms with E-state index in [0.29, 0.717) is 40.7 Å². The number of amides is 2. The maximum Gasteiger partial charge on any atom is 0.253 e. The van der Waals surface area contributed by atoms with Crippen LogP contribution in [0.2, 0.25) is 0 Å². The molecule has 0 bridgehead atoms. The number of nitrogens with one attached hydrogen (secondary N) is 2. The zero-order chi connectivity index (χ0) is 25.4. The van der Waals surface area contributed by atoms with Crippen molar-refractivity contribution in [3.05, 3.63) is 94.5 Å². The molecule has 3 aromatic rings. The lowest BCUT2D eigenvalue weighted by Crippen LogP contribution is -2.41. The highest BCUT2D eigenvalue weighted by Gasteiger charge is 2.21. The lowest BCUT2D eigenvalue weighted by atomic mass is 10.1. The van der Waals surface area contributed by atoms with Crippen molar-refractivity contribution in [2.24, 2.45) is 5.92 Å². The van der Waals surface area contributed by atoms with E-state index in [9.17, 15) is 9.59 Å². The third kappa shape index (κ3) is 7.34. The number of hydrogen-bond acceptors (Lipinski definition) is 4. The van der Waals surface area contributed by atoms with Crippen molar-refractivity contribution in [2.45, 2.75) is 40.3 Å². The molecule has 3 rings (SSSR count). The first kappa shape index (κ1) is 25.8. The Morgan fingerprint density at radius 2 is 1.29 bits per heavy atom. The van der Waals surface area contributed by atoms with Gasteiger partial charge in [-0.2, -0.15) is 0 Å². The molecular formula is C29H34N2O4. The van der Waals surface area contributed by atoms with Gasteiger partial charge in [-0.15, -0.1) is 0 Å². The van der Waals surface area contributed by atoms with Gasteiger partial charge in [-0.1, -0.05) is 55.3 Å². The van der Waals surface area contributed by atoms with Crippen molar-refractivity contribution in [3.63, 3.8) is 0 Å². The van der Waals surface area contributed by atoms with Crippen molar-refractivity contribution in [1.29, 1.82) is 0 Å². The van der Waals surface area contributed by atoms with Crippen LogP contribution in [0.4, 0.5) is 0 Å². The van der Waals surface area contributed by atoms with Crippen molar-refractivity contribution >= 4 is 11.8 Å². The largest absolute Gasteiger partial charge is 0.493 e. The molecule has 0 aliphatic heterocycles. The Kier molecular flexibility index (Phi) is 8.90. The summed E-state index contributed by atoms with van der Waals surface area (Å²) in [6.07, 6.45) is 0.142. The lowest BCUT2D eigenvalue weighted by Gasteiger charge is -2.22. The number of ether oxygens (including phenoxy) is 2. The Balaban J connectivity index is 1.87. The van der Waals surface area contributed by atoms with Crippen LogP contribution in [-0.2, 0) is 0 Å². The molecule has 0 spiro atoms. The molecule has 2 amide bonds. The third-order valence-electron chi connectivity index (χ3n) is 5.65. The van der Waals surface area contributed by atoms with Crippen molar-refractivity contribution in [2.75, 3.05) is 13.7 Å². The number of aryl methyl sites for hydroxylation is 2. The van der Waals surface area contributed by atoms with Gasteiger partial charge in [0.15, 0.2) is 11.5 Å². The van der Waals surface area contributed by atoms with Gasteiger partial charge in [-0.25, -0.2) is 0 Å². The van der Waals surface area contributed by atoms with Crippen LogP contribution in [0.25, 0.3) is 0 Å². The van der Waals surface area contributed by atoms with Crippen LogP contribution in [0.3, 0.4) is 0 Å². The zero-order valence-electron chi connectivity index (χ0n) is 21.1. The van der Waals surface area contributed by atoms with Gasteiger partial charge >= 0.3 is 0 Å². The van der Waals surface area contributed by atoms with Crippen molar-refractivity contribution in [3.8, 4) is 11.5 Å². The first-order valence-corrected chi connectivity index (χ1v) is 11.8. The molecular weight excluding hydrogens is 440 g/mol. The van der Waals surface area contributed by atoms with Gasteiger partial charge in [0.1, 0.15) is 6.17 Å². The lowest BCUT2D eigenvalue weighted by molar-refractivity contribution is 0.0883. The second-order valence-corrected chi connectivity index (χ2v) is 9.05. The molecule has 0 fully saturated rings. The quantitative estimate of drug-likeness (QED) is 0.375. The topological polar surface area (TPSA) is 76.7 Å². The summed E-state index contributed by atoms with van der Waals surface area (Å²) < 4.78 is 11.4. The summed E-state index contributed by atoms with van der Waals surface area (Å²) in [5.41, 5.74) is 3.79. The maximum absolute atomic E-state index is 13.0. The maximum atomic E-state index is 13.0. The van der Waals surface area contributed by atoms with E-state index in [1.807, 2.05) is 44.2 Å². The predicted octanol–water partition coefficient (Wildman–Crippen LogP) is 5.60. The van der Waals surface area contributed by atoms with E-state index in [-0.39, 0.29) is 11.8 Å². The highest BCUT2D eigenvalue weighted by atomic mass is 16.5. The molecule has 0 saturated heterocycles. The number of hydrogen-bond donors (Lipinski definition) is 2. The molecule has 35 heavy (non-hydrogen) atoms. The van der Waals surface area contributed by atoms with Crippen LogP contribution in [0.5, 0.6) is 11.5 Å². The van der Waals surface area contributed by atoms with Gasteiger partial charge in [0, 0.05) is 11.1 Å². The van der Waals surface area contributed by atoms with E-state index >= 15 is 0 Å². The Hall–Kier alpha value is -3.80. The Morgan fingerprint density at radius 3 is 1.74 bits per heavy atom. The molecule has 184 valence electrons. The van der Waals surface area contributed by atoms with E-state index in [1.54, 1.807) is 43.5 Å². The molecule has 0 saturated carbocycles. The molecule has 0 unspecified atom stereocenters. The summed E-state index contributed by atoms with van der Waals surface area (Å²) in [6, 6.07) is 19.9. The highest BCUT2D eigenvalue weighted by Crippen LogP contribution is 2.30. The standard InChI is InChI=1S/C29H34N2O4/c1-19(2)16-17-35-25-15-14-24(18-26(25)34-5)27(30-28(32)22-10-6-20(3)7-11-22)31-29(33)23-12-8-21(4)9-13-23/h6-15,18-19,27H,16-17H2,1-5H3,(H,30,32)(H,31,33). The predicted molar refractivity (Wildman–Crippen MR) is 138 cm³/mol. The van der Waals surface area contributed by atoms with Crippen LogP contribution >= 0.6 is 0 Å². The first-order valence-electron chi connectivity index (χ1n) is 11.8. The Labute approximate surface area is 207 Å². The van der Waals surface area contributed by atoms with Crippen LogP contribution in [-0.4, -0.2) is 25.5 Å². The van der Waals surface area contributed by atoms with E-state index in [4.69, 9.17) is 9.47 Å². The number of rotatable bonds is 10. The van der Waals surface area contributed by atoms with Gasteiger partial charge in [-0.3, -0.25) is 9.59 Å². The average molecular weight is 475 g/mol. The molecule has 0 radical (unpaired) electrons. The van der Waals surface area contributed by atoms with Crippen LogP contribution in [0.1, 0.15) is 63.8 Å². The van der Waals surface area contributed by atoms with E-state index in [1.165, 1.54) is 0 Å². The fraction of sp³-hybridized carbons (Fsp3) is 0.310. The van der Waals surface area contributed by atoms with Gasteiger partial charge in [0.2, 0.25) is 0 Å². The summed E-state index contributed by atoms with van der Waals surface area (Å²) in [5.74, 6) is 1.08. The molecule has 0 aromatic heterocycles. The SMILES string of the molecule is COc1cc(C(NC(=O)c2ccc(C)cc2)NC(=O)c2ccc(C)cc2)ccc1OCCC(C)C. The molecule has 0 atom stereocenters. The minimum absolute atomic E-state index is 0.296. The average Bonchev–Trinajstić information content (AvgIpc) is 2.84. The van der Waals surface area contributed by atoms with Gasteiger partial charge in [-0.05, 0) is 68.1 Å². The van der Waals surface area contributed by atoms with E-state index < -0.39 is 6.17 Å². The first-order chi connectivity index (χ1) is 16.8. The molecule has 3 aromatic carbocycles. The van der Waals surface area contributed by atoms with Gasteiger partial charge < -0.3 is 20.1 Å². The monoisotopic (exact) mass is 474 g/mol. The Bertz CT molecular complexity index is 1080. The number of carbonyl (C=O) groups excluding carboxylic acids is 2. The normalized spacial score (nSPS) is 10.8. The van der Waals surface area contributed by atoms with Gasteiger partial charge in [0.25, 0.3) is 11.8 Å². The fourth-order valence-electron chi connectivity index (χ4n) is 3.43. The minimum Gasteiger partial charge on any atom is -0.493 e. The smallest absolute Gasteiger partial charge is 0.253 e. The summed E-state index contributed by atoms with van der Waals surface area (Å²) in [4.78, 5) is 26.0. The van der Waals surface area contributed by atoms with Crippen molar-refractivity contribution in [1.82, 2.24) is 10.6 Å². The molecule has 6 heteroatoms. The van der Waals surface area contributed by atoms with Crippen LogP contribution in [0.15, 0.2) is 66.7 Å². The summed E-state index contributed by atoms with van der Waals surface area (Å²) >= 11 is 0. The summed E-state index contributed by atoms with van der Waals surface area (Å²) in [7, 11) is 1.57. The summed E-state index contributed by atoms with van der Waals surface area (Å²) in [6.45, 7) is 8.78. The summed E-state index contributed by atoms with van der Waals surface area (Å²) in [5, 5.41) is 5.89. The molecule has 0 heterocycles. The molecule has 0 aliphatic carbocycles. The molecule has 0 aliphatic rings. The fourth-order valence-corrected chi connectivity index (χ4v) is 3.43. The zero-order valence-corrected chi connectivity index (χ0v) is 21.1. The van der Waals surface area contributed by atoms with Crippen molar-refractivity contribution < 1.29 is 19.1 Å². The third-order valence-corrected chi connectivity index (χ3v) is 5.65. The number of benzene rings is 3. The number of methoxy groups -OCH3 is 1. The molecule has 2 N–H and O–H groups in total. The number of carbonyl (C=O) groups is 2. The minimum atomic E-state index is -0.781. The van der Waals surface area contributed by atoms with Crippen LogP contribution in [0, 0.1) is 19.8 Å². The van der Waals surface area contributed by atoms with Crippen LogP contribution < -0.4 is 20.1 Å². The molecule has 6 nitrogen and oxygen atoms in total. The van der Waals surface area contributed by atoms with Gasteiger partial charge in [0.05, 0.1) is 13.7 Å². The van der Waals surface area contributed by atoms with E-state index in [0.717, 1.165) is 17.5 Å². The second-order valence-electron chi connectivity index (χ2n) is 9.05. The second kappa shape index (κ2) is 12.1. The highest BCUT2D eigenvalue weighted by molar-refractivity contribution is 5.96. The van der Waals surface area contributed by atoms with E-state index in [2.05, 4.69) is 24.5 Å².